The minimum atomic E-state index is 0.0309. The second kappa shape index (κ2) is 5.84. The van der Waals surface area contributed by atoms with E-state index in [1.165, 1.54) is 0 Å². The summed E-state index contributed by atoms with van der Waals surface area (Å²) in [7, 11) is 0. The van der Waals surface area contributed by atoms with E-state index in [1.54, 1.807) is 21.1 Å². The van der Waals surface area contributed by atoms with Gasteiger partial charge in [-0.2, -0.15) is 0 Å². The lowest BCUT2D eigenvalue weighted by Gasteiger charge is -2.33. The number of nitrogens with zero attached hydrogens (tertiary/aromatic N) is 2. The lowest BCUT2D eigenvalue weighted by molar-refractivity contribution is -0.150. The molecular formula is C12H15BrN2O2S. The SMILES string of the molecule is CCCN1CC(=O)N(Cc2sccc2Br)CC1=O. The first-order chi connectivity index (χ1) is 8.61. The zero-order valence-electron chi connectivity index (χ0n) is 10.2. The monoisotopic (exact) mass is 330 g/mol. The van der Waals surface area contributed by atoms with Gasteiger partial charge in [0.1, 0.15) is 6.54 Å². The number of halogens is 1. The van der Waals surface area contributed by atoms with Crippen LogP contribution in [-0.2, 0) is 16.1 Å². The number of piperazine rings is 1. The average molecular weight is 331 g/mol. The molecule has 2 heterocycles. The predicted octanol–water partition coefficient (Wildman–Crippen LogP) is 2.09. The quantitative estimate of drug-likeness (QED) is 0.848. The van der Waals surface area contributed by atoms with Crippen LogP contribution in [0.3, 0.4) is 0 Å². The maximum Gasteiger partial charge on any atom is 0.242 e. The fraction of sp³-hybridized carbons (Fsp3) is 0.500. The number of carbonyl (C=O) groups is 2. The molecule has 1 fully saturated rings. The molecule has 0 spiro atoms. The molecular weight excluding hydrogens is 316 g/mol. The van der Waals surface area contributed by atoms with E-state index >= 15 is 0 Å². The number of rotatable bonds is 4. The van der Waals surface area contributed by atoms with Gasteiger partial charge in [-0.25, -0.2) is 0 Å². The molecule has 18 heavy (non-hydrogen) atoms. The van der Waals surface area contributed by atoms with Crippen molar-refractivity contribution in [3.63, 3.8) is 0 Å². The van der Waals surface area contributed by atoms with Crippen LogP contribution in [0.5, 0.6) is 0 Å². The second-order valence-corrected chi connectivity index (χ2v) is 6.11. The maximum absolute atomic E-state index is 12.0. The highest BCUT2D eigenvalue weighted by Crippen LogP contribution is 2.24. The Hall–Kier alpha value is -0.880. The summed E-state index contributed by atoms with van der Waals surface area (Å²) in [5, 5.41) is 1.97. The summed E-state index contributed by atoms with van der Waals surface area (Å²) in [6.45, 7) is 3.61. The molecule has 6 heteroatoms. The van der Waals surface area contributed by atoms with E-state index in [1.807, 2.05) is 18.4 Å². The molecule has 0 aliphatic carbocycles. The fourth-order valence-corrected chi connectivity index (χ4v) is 3.42. The highest BCUT2D eigenvalue weighted by Gasteiger charge is 2.29. The van der Waals surface area contributed by atoms with Crippen molar-refractivity contribution in [1.82, 2.24) is 9.80 Å². The van der Waals surface area contributed by atoms with E-state index < -0.39 is 0 Å². The van der Waals surface area contributed by atoms with Gasteiger partial charge in [0.15, 0.2) is 0 Å². The van der Waals surface area contributed by atoms with Gasteiger partial charge in [0, 0.05) is 15.9 Å². The van der Waals surface area contributed by atoms with Gasteiger partial charge in [0.2, 0.25) is 11.8 Å². The van der Waals surface area contributed by atoms with Gasteiger partial charge < -0.3 is 9.80 Å². The van der Waals surface area contributed by atoms with Crippen LogP contribution in [0.2, 0.25) is 0 Å². The van der Waals surface area contributed by atoms with Crippen molar-refractivity contribution in [2.45, 2.75) is 19.9 Å². The van der Waals surface area contributed by atoms with Crippen LogP contribution < -0.4 is 0 Å². The van der Waals surface area contributed by atoms with Gasteiger partial charge >= 0.3 is 0 Å². The molecule has 4 nitrogen and oxygen atoms in total. The van der Waals surface area contributed by atoms with Gasteiger partial charge in [0.25, 0.3) is 0 Å². The topological polar surface area (TPSA) is 40.6 Å². The van der Waals surface area contributed by atoms with Gasteiger partial charge in [-0.1, -0.05) is 6.92 Å². The summed E-state index contributed by atoms with van der Waals surface area (Å²) in [6.07, 6.45) is 0.884. The van der Waals surface area contributed by atoms with Crippen molar-refractivity contribution in [1.29, 1.82) is 0 Å². The Labute approximate surface area is 119 Å². The van der Waals surface area contributed by atoms with E-state index in [0.717, 1.165) is 15.8 Å². The summed E-state index contributed by atoms with van der Waals surface area (Å²) < 4.78 is 1.00. The van der Waals surface area contributed by atoms with Crippen molar-refractivity contribution in [2.24, 2.45) is 0 Å². The summed E-state index contributed by atoms with van der Waals surface area (Å²) >= 11 is 5.03. The molecule has 1 aromatic rings. The van der Waals surface area contributed by atoms with Crippen LogP contribution in [0.25, 0.3) is 0 Å². The Bertz CT molecular complexity index is 461. The molecule has 1 aliphatic rings. The number of carbonyl (C=O) groups excluding carboxylic acids is 2. The van der Waals surface area contributed by atoms with Crippen LogP contribution in [-0.4, -0.2) is 41.2 Å². The van der Waals surface area contributed by atoms with Crippen molar-refractivity contribution in [3.05, 3.63) is 20.8 Å². The van der Waals surface area contributed by atoms with E-state index in [4.69, 9.17) is 0 Å². The minimum Gasteiger partial charge on any atom is -0.332 e. The van der Waals surface area contributed by atoms with E-state index in [0.29, 0.717) is 13.1 Å². The molecule has 2 amide bonds. The van der Waals surface area contributed by atoms with Crippen LogP contribution in [0.1, 0.15) is 18.2 Å². The number of hydrogen-bond acceptors (Lipinski definition) is 3. The van der Waals surface area contributed by atoms with Crippen molar-refractivity contribution < 1.29 is 9.59 Å². The molecule has 0 aromatic carbocycles. The van der Waals surface area contributed by atoms with E-state index in [2.05, 4.69) is 15.9 Å². The minimum absolute atomic E-state index is 0.0309. The van der Waals surface area contributed by atoms with Crippen molar-refractivity contribution in [3.8, 4) is 0 Å². The molecule has 0 saturated carbocycles. The van der Waals surface area contributed by atoms with E-state index in [9.17, 15) is 9.59 Å². The van der Waals surface area contributed by atoms with Crippen LogP contribution in [0, 0.1) is 0 Å². The molecule has 1 aliphatic heterocycles. The van der Waals surface area contributed by atoms with Crippen LogP contribution in [0.4, 0.5) is 0 Å². The van der Waals surface area contributed by atoms with Crippen molar-refractivity contribution in [2.75, 3.05) is 19.6 Å². The van der Waals surface area contributed by atoms with Crippen LogP contribution in [0.15, 0.2) is 15.9 Å². The molecule has 98 valence electrons. The zero-order chi connectivity index (χ0) is 13.1. The zero-order valence-corrected chi connectivity index (χ0v) is 12.6. The number of hydrogen-bond donors (Lipinski definition) is 0. The predicted molar refractivity (Wildman–Crippen MR) is 74.3 cm³/mol. The van der Waals surface area contributed by atoms with Gasteiger partial charge in [-0.3, -0.25) is 9.59 Å². The second-order valence-electron chi connectivity index (χ2n) is 4.26. The van der Waals surface area contributed by atoms with E-state index in [-0.39, 0.29) is 24.9 Å². The lowest BCUT2D eigenvalue weighted by atomic mass is 10.2. The normalized spacial score (nSPS) is 16.6. The fourth-order valence-electron chi connectivity index (χ4n) is 1.93. The Balaban J connectivity index is 2.02. The van der Waals surface area contributed by atoms with Gasteiger partial charge in [-0.15, -0.1) is 11.3 Å². The third-order valence-corrected chi connectivity index (χ3v) is 4.79. The first kappa shape index (κ1) is 13.5. The number of amides is 2. The summed E-state index contributed by atoms with van der Waals surface area (Å²) in [5.74, 6) is 0.0764. The standard InChI is InChI=1S/C12H15BrN2O2S/c1-2-4-14-7-12(17)15(8-11(14)16)6-10-9(13)3-5-18-10/h3,5H,2,4,6-8H2,1H3. The molecule has 0 atom stereocenters. The summed E-state index contributed by atoms with van der Waals surface area (Å²) in [4.78, 5) is 28.2. The third kappa shape index (κ3) is 2.92. The lowest BCUT2D eigenvalue weighted by Crippen LogP contribution is -2.53. The number of thiophene rings is 1. The molecule has 0 N–H and O–H groups in total. The molecule has 2 rings (SSSR count). The molecule has 0 bridgehead atoms. The Morgan fingerprint density at radius 2 is 1.94 bits per heavy atom. The Morgan fingerprint density at radius 3 is 2.56 bits per heavy atom. The molecule has 1 saturated heterocycles. The first-order valence-corrected chi connectivity index (χ1v) is 7.56. The molecule has 0 unspecified atom stereocenters. The Kier molecular flexibility index (Phi) is 4.40. The molecule has 1 aromatic heterocycles. The van der Waals surface area contributed by atoms with Crippen LogP contribution >= 0.6 is 27.3 Å². The first-order valence-electron chi connectivity index (χ1n) is 5.89. The third-order valence-electron chi connectivity index (χ3n) is 2.88. The van der Waals surface area contributed by atoms with Crippen molar-refractivity contribution >= 4 is 39.1 Å². The van der Waals surface area contributed by atoms with Gasteiger partial charge in [-0.05, 0) is 33.8 Å². The Morgan fingerprint density at radius 1 is 1.28 bits per heavy atom. The largest absolute Gasteiger partial charge is 0.332 e. The molecule has 0 radical (unpaired) electrons. The average Bonchev–Trinajstić information content (AvgIpc) is 2.72. The smallest absolute Gasteiger partial charge is 0.242 e. The highest BCUT2D eigenvalue weighted by molar-refractivity contribution is 9.10. The summed E-state index contributed by atoms with van der Waals surface area (Å²) in [6, 6.07) is 1.96. The highest BCUT2D eigenvalue weighted by atomic mass is 79.9. The summed E-state index contributed by atoms with van der Waals surface area (Å²) in [5.41, 5.74) is 0. The maximum atomic E-state index is 12.0. The van der Waals surface area contributed by atoms with Gasteiger partial charge in [0.05, 0.1) is 13.1 Å².